The van der Waals surface area contributed by atoms with E-state index >= 15 is 0 Å². The van der Waals surface area contributed by atoms with Crippen molar-refractivity contribution in [3.05, 3.63) is 29.8 Å². The highest BCUT2D eigenvalue weighted by atomic mass is 32.2. The zero-order valence-electron chi connectivity index (χ0n) is 18.9. The van der Waals surface area contributed by atoms with Crippen LogP contribution in [-0.4, -0.2) is 96.8 Å². The number of hydrogen-bond donors (Lipinski definition) is 0. The second-order valence-corrected chi connectivity index (χ2v) is 11.9. The third-order valence-corrected chi connectivity index (χ3v) is 9.44. The number of piperazine rings is 1. The lowest BCUT2D eigenvalue weighted by molar-refractivity contribution is -0.133. The van der Waals surface area contributed by atoms with E-state index in [1.807, 2.05) is 24.0 Å². The molecule has 0 aromatic heterocycles. The zero-order chi connectivity index (χ0) is 23.4. The van der Waals surface area contributed by atoms with Crippen molar-refractivity contribution in [2.75, 3.05) is 49.1 Å². The van der Waals surface area contributed by atoms with Gasteiger partial charge in [0.05, 0.1) is 22.8 Å². The first-order valence-corrected chi connectivity index (χ1v) is 13.5. The first-order valence-electron chi connectivity index (χ1n) is 11.7. The summed E-state index contributed by atoms with van der Waals surface area (Å²) in [7, 11) is -2.93. The van der Waals surface area contributed by atoms with Crippen LogP contribution in [0.3, 0.4) is 0 Å². The van der Waals surface area contributed by atoms with E-state index in [2.05, 4.69) is 4.90 Å². The Balaban J connectivity index is 1.23. The minimum atomic E-state index is -2.93. The first kappa shape index (κ1) is 22.3. The van der Waals surface area contributed by atoms with Crippen molar-refractivity contribution in [2.45, 2.75) is 44.3 Å². The molecule has 2 unspecified atom stereocenters. The Kier molecular flexibility index (Phi) is 5.48. The van der Waals surface area contributed by atoms with Gasteiger partial charge in [0, 0.05) is 51.6 Å². The molecule has 3 fully saturated rings. The Morgan fingerprint density at radius 1 is 1.12 bits per heavy atom. The van der Waals surface area contributed by atoms with Gasteiger partial charge in [-0.3, -0.25) is 24.2 Å². The molecule has 4 heterocycles. The molecule has 3 saturated heterocycles. The molecule has 5 rings (SSSR count). The standard InChI is InChI=1S/C23H30N4O5S/c1-23-9-6-21(29)27(23)19-5-3-2-4-18(19)22(30)26(23)10-7-20(28)25-13-11-24(12-14-25)17-8-15-33(31,32)16-17/h2-5,17H,6-16H2,1H3. The van der Waals surface area contributed by atoms with E-state index in [4.69, 9.17) is 0 Å². The summed E-state index contributed by atoms with van der Waals surface area (Å²) in [5.74, 6) is 0.313. The normalized spacial score (nSPS) is 29.4. The lowest BCUT2D eigenvalue weighted by atomic mass is 9.98. The molecule has 4 aliphatic rings. The van der Waals surface area contributed by atoms with Crippen LogP contribution in [0.5, 0.6) is 0 Å². The highest BCUT2D eigenvalue weighted by Crippen LogP contribution is 2.44. The van der Waals surface area contributed by atoms with Crippen LogP contribution >= 0.6 is 0 Å². The van der Waals surface area contributed by atoms with Crippen molar-refractivity contribution in [1.82, 2.24) is 14.7 Å². The summed E-state index contributed by atoms with van der Waals surface area (Å²) >= 11 is 0. The van der Waals surface area contributed by atoms with Crippen LogP contribution in [0.15, 0.2) is 24.3 Å². The van der Waals surface area contributed by atoms with Crippen LogP contribution < -0.4 is 4.90 Å². The summed E-state index contributed by atoms with van der Waals surface area (Å²) in [6.45, 7) is 4.63. The Labute approximate surface area is 194 Å². The number of carbonyl (C=O) groups excluding carboxylic acids is 3. The minimum absolute atomic E-state index is 0.00109. The monoisotopic (exact) mass is 474 g/mol. The van der Waals surface area contributed by atoms with Gasteiger partial charge in [0.15, 0.2) is 9.84 Å². The predicted molar refractivity (Wildman–Crippen MR) is 122 cm³/mol. The number of sulfone groups is 1. The maximum absolute atomic E-state index is 13.3. The molecular formula is C23H30N4O5S. The lowest BCUT2D eigenvalue weighted by Crippen LogP contribution is -2.62. The number of nitrogens with zero attached hydrogens (tertiary/aromatic N) is 4. The highest BCUT2D eigenvalue weighted by molar-refractivity contribution is 7.91. The van der Waals surface area contributed by atoms with Crippen molar-refractivity contribution in [2.24, 2.45) is 0 Å². The molecule has 0 aliphatic carbocycles. The third-order valence-electron chi connectivity index (χ3n) is 7.69. The van der Waals surface area contributed by atoms with Gasteiger partial charge < -0.3 is 9.80 Å². The van der Waals surface area contributed by atoms with Crippen molar-refractivity contribution in [1.29, 1.82) is 0 Å². The van der Waals surface area contributed by atoms with Crippen molar-refractivity contribution < 1.29 is 22.8 Å². The SMILES string of the molecule is CC12CCC(=O)N1c1ccccc1C(=O)N2CCC(=O)N1CCN(C2CCS(=O)(=O)C2)CC1. The summed E-state index contributed by atoms with van der Waals surface area (Å²) in [4.78, 5) is 46.4. The molecule has 1 aromatic carbocycles. The molecule has 0 N–H and O–H groups in total. The Morgan fingerprint density at radius 2 is 1.85 bits per heavy atom. The summed E-state index contributed by atoms with van der Waals surface area (Å²) < 4.78 is 23.5. The number of hydrogen-bond acceptors (Lipinski definition) is 6. The fourth-order valence-electron chi connectivity index (χ4n) is 5.81. The molecule has 0 radical (unpaired) electrons. The molecular weight excluding hydrogens is 444 g/mol. The Bertz CT molecular complexity index is 1100. The van der Waals surface area contributed by atoms with Crippen LogP contribution in [0.1, 0.15) is 43.0 Å². The van der Waals surface area contributed by atoms with E-state index in [1.54, 1.807) is 21.9 Å². The van der Waals surface area contributed by atoms with Crippen molar-refractivity contribution in [3.63, 3.8) is 0 Å². The predicted octanol–water partition coefficient (Wildman–Crippen LogP) is 0.707. The van der Waals surface area contributed by atoms with E-state index in [9.17, 15) is 22.8 Å². The molecule has 1 aromatic rings. The van der Waals surface area contributed by atoms with E-state index in [0.29, 0.717) is 56.7 Å². The molecule has 3 amide bonds. The van der Waals surface area contributed by atoms with E-state index in [0.717, 1.165) is 0 Å². The van der Waals surface area contributed by atoms with Crippen LogP contribution in [0.4, 0.5) is 5.69 Å². The van der Waals surface area contributed by atoms with E-state index in [-0.39, 0.29) is 48.2 Å². The first-order chi connectivity index (χ1) is 15.7. The third kappa shape index (κ3) is 3.82. The zero-order valence-corrected chi connectivity index (χ0v) is 19.7. The molecule has 0 bridgehead atoms. The van der Waals surface area contributed by atoms with Crippen LogP contribution in [0, 0.1) is 0 Å². The number of benzene rings is 1. The molecule has 0 saturated carbocycles. The van der Waals surface area contributed by atoms with Gasteiger partial charge >= 0.3 is 0 Å². The topological polar surface area (TPSA) is 98.3 Å². The van der Waals surface area contributed by atoms with Gasteiger partial charge in [0.2, 0.25) is 11.8 Å². The van der Waals surface area contributed by atoms with E-state index in [1.165, 1.54) is 0 Å². The largest absolute Gasteiger partial charge is 0.340 e. The summed E-state index contributed by atoms with van der Waals surface area (Å²) in [6.07, 6.45) is 1.79. The van der Waals surface area contributed by atoms with Gasteiger partial charge in [-0.2, -0.15) is 0 Å². The molecule has 33 heavy (non-hydrogen) atoms. The maximum atomic E-state index is 13.3. The molecule has 9 nitrogen and oxygen atoms in total. The fraction of sp³-hybridized carbons (Fsp3) is 0.609. The average Bonchev–Trinajstić information content (AvgIpc) is 3.32. The fourth-order valence-corrected chi connectivity index (χ4v) is 7.57. The van der Waals surface area contributed by atoms with Crippen molar-refractivity contribution in [3.8, 4) is 0 Å². The van der Waals surface area contributed by atoms with Gasteiger partial charge in [-0.25, -0.2) is 8.42 Å². The van der Waals surface area contributed by atoms with Gasteiger partial charge in [-0.1, -0.05) is 12.1 Å². The molecule has 4 aliphatic heterocycles. The number of amides is 3. The van der Waals surface area contributed by atoms with Gasteiger partial charge in [0.1, 0.15) is 5.66 Å². The smallest absolute Gasteiger partial charge is 0.257 e. The van der Waals surface area contributed by atoms with Crippen LogP contribution in [0.25, 0.3) is 0 Å². The van der Waals surface area contributed by atoms with E-state index < -0.39 is 15.5 Å². The van der Waals surface area contributed by atoms with Crippen LogP contribution in [0.2, 0.25) is 0 Å². The molecule has 178 valence electrons. The maximum Gasteiger partial charge on any atom is 0.257 e. The Hall–Kier alpha value is -2.46. The summed E-state index contributed by atoms with van der Waals surface area (Å²) in [5, 5.41) is 0. The number of fused-ring (bicyclic) bond motifs is 3. The van der Waals surface area contributed by atoms with Gasteiger partial charge in [0.25, 0.3) is 5.91 Å². The second kappa shape index (κ2) is 8.09. The summed E-state index contributed by atoms with van der Waals surface area (Å²) in [6, 6.07) is 7.23. The van der Waals surface area contributed by atoms with Crippen LogP contribution in [-0.2, 0) is 19.4 Å². The number of para-hydroxylation sites is 1. The second-order valence-electron chi connectivity index (χ2n) is 9.64. The quantitative estimate of drug-likeness (QED) is 0.637. The highest BCUT2D eigenvalue weighted by Gasteiger charge is 2.52. The average molecular weight is 475 g/mol. The van der Waals surface area contributed by atoms with Gasteiger partial charge in [-0.15, -0.1) is 0 Å². The number of carbonyl (C=O) groups is 3. The molecule has 2 atom stereocenters. The number of rotatable bonds is 4. The molecule has 0 spiro atoms. The molecule has 10 heteroatoms. The lowest BCUT2D eigenvalue weighted by Gasteiger charge is -2.48. The Morgan fingerprint density at radius 3 is 2.55 bits per heavy atom. The summed E-state index contributed by atoms with van der Waals surface area (Å²) in [5.41, 5.74) is 0.396. The van der Waals surface area contributed by atoms with Crippen molar-refractivity contribution >= 4 is 33.2 Å². The van der Waals surface area contributed by atoms with Gasteiger partial charge in [-0.05, 0) is 31.9 Å². The minimum Gasteiger partial charge on any atom is -0.340 e. The number of anilines is 1.